The Balaban J connectivity index is 1.19. The predicted octanol–water partition coefficient (Wildman–Crippen LogP) is 12.4. The summed E-state index contributed by atoms with van der Waals surface area (Å²) in [5.74, 6) is 0. The van der Waals surface area contributed by atoms with Gasteiger partial charge in [0.15, 0.2) is 0 Å². The lowest BCUT2D eigenvalue weighted by Gasteiger charge is -2.16. The van der Waals surface area contributed by atoms with Gasteiger partial charge in [0.1, 0.15) is 3.63 Å². The van der Waals surface area contributed by atoms with Crippen LogP contribution in [-0.4, -0.2) is 14.3 Å². The number of hydrogen-bond donors (Lipinski definition) is 0. The highest BCUT2D eigenvalue weighted by Crippen LogP contribution is 2.40. The van der Waals surface area contributed by atoms with Gasteiger partial charge in [-0.3, -0.25) is 0 Å². The molecule has 0 saturated heterocycles. The van der Waals surface area contributed by atoms with Crippen LogP contribution in [0.25, 0.3) is 58.8 Å². The number of benzene rings is 7. The van der Waals surface area contributed by atoms with Gasteiger partial charge < -0.3 is 0 Å². The van der Waals surface area contributed by atoms with Crippen LogP contribution >= 0.6 is 20.7 Å². The average molecular weight is 751 g/mol. The van der Waals surface area contributed by atoms with Gasteiger partial charge in [0.25, 0.3) is 0 Å². The fourth-order valence-electron chi connectivity index (χ4n) is 6.71. The normalized spacial score (nSPS) is 12.9. The second kappa shape index (κ2) is 13.3. The molecule has 2 nitrogen and oxygen atoms in total. The SMILES string of the molecule is C1=C(c2ccccc2)I=C(c2ccc(-c3cc(-c4ccccc4)c4cc(-c5ccccc5)c5ccccc5c4n3)cc2)N=C1c1ccccc1. The summed E-state index contributed by atoms with van der Waals surface area (Å²) in [5, 5.41) is 3.52. The highest BCUT2D eigenvalue weighted by Gasteiger charge is 2.17. The first-order chi connectivity index (χ1) is 24.8. The molecule has 0 atom stereocenters. The van der Waals surface area contributed by atoms with E-state index in [1.807, 2.05) is 0 Å². The van der Waals surface area contributed by atoms with Gasteiger partial charge in [0.05, 0.1) is 16.9 Å². The zero-order valence-corrected chi connectivity index (χ0v) is 29.3. The second-order valence-electron chi connectivity index (χ2n) is 12.3. The quantitative estimate of drug-likeness (QED) is 0.123. The number of aromatic nitrogens is 1. The molecule has 0 fully saturated rings. The molecule has 2 heterocycles. The van der Waals surface area contributed by atoms with Crippen LogP contribution < -0.4 is 0 Å². The van der Waals surface area contributed by atoms with Crippen LogP contribution in [0.1, 0.15) is 16.7 Å². The number of pyridine rings is 1. The number of aliphatic imine (C=N–C) groups is 1. The van der Waals surface area contributed by atoms with Crippen molar-refractivity contribution in [3.8, 4) is 33.5 Å². The maximum Gasteiger partial charge on any atom is 0.104 e. The third-order valence-corrected chi connectivity index (χ3v) is 12.1. The van der Waals surface area contributed by atoms with Crippen LogP contribution in [0, 0.1) is 0 Å². The third-order valence-electron chi connectivity index (χ3n) is 9.20. The Morgan fingerprint density at radius 1 is 0.380 bits per heavy atom. The van der Waals surface area contributed by atoms with Gasteiger partial charge in [-0.1, -0.05) is 191 Å². The fraction of sp³-hybridized carbons (Fsp3) is 0. The van der Waals surface area contributed by atoms with E-state index >= 15 is 0 Å². The second-order valence-corrected chi connectivity index (χ2v) is 15.1. The van der Waals surface area contributed by atoms with Crippen molar-refractivity contribution in [1.29, 1.82) is 0 Å². The first-order valence-electron chi connectivity index (χ1n) is 16.8. The molecule has 0 unspecified atom stereocenters. The Kier molecular flexibility index (Phi) is 8.03. The maximum atomic E-state index is 5.40. The van der Waals surface area contributed by atoms with E-state index in [0.717, 1.165) is 38.8 Å². The Morgan fingerprint density at radius 3 is 1.50 bits per heavy atom. The Morgan fingerprint density at radius 2 is 0.880 bits per heavy atom. The summed E-state index contributed by atoms with van der Waals surface area (Å²) in [6, 6.07) is 64.8. The summed E-state index contributed by atoms with van der Waals surface area (Å²) in [6.45, 7) is 0. The summed E-state index contributed by atoms with van der Waals surface area (Å²) in [5.41, 5.74) is 12.4. The van der Waals surface area contributed by atoms with Crippen molar-refractivity contribution in [2.75, 3.05) is 0 Å². The molecule has 0 amide bonds. The molecule has 0 N–H and O–H groups in total. The molecule has 0 radical (unpaired) electrons. The molecule has 3 heteroatoms. The largest absolute Gasteiger partial charge is 0.247 e. The number of hydrogen-bond acceptors (Lipinski definition) is 2. The molecule has 236 valence electrons. The van der Waals surface area contributed by atoms with Gasteiger partial charge in [-0.25, -0.2) is 9.98 Å². The van der Waals surface area contributed by atoms with Crippen molar-refractivity contribution in [3.05, 3.63) is 205 Å². The molecular weight excluding hydrogens is 719 g/mol. The van der Waals surface area contributed by atoms with Gasteiger partial charge in [0.2, 0.25) is 0 Å². The fourth-order valence-corrected chi connectivity index (χ4v) is 9.43. The number of fused-ring (bicyclic) bond motifs is 3. The molecule has 1 aliphatic heterocycles. The van der Waals surface area contributed by atoms with Crippen molar-refractivity contribution < 1.29 is 0 Å². The molecule has 7 aromatic carbocycles. The monoisotopic (exact) mass is 750 g/mol. The van der Waals surface area contributed by atoms with E-state index in [9.17, 15) is 0 Å². The smallest absolute Gasteiger partial charge is 0.104 e. The van der Waals surface area contributed by atoms with Crippen LogP contribution in [0.4, 0.5) is 0 Å². The minimum absolute atomic E-state index is 0.487. The van der Waals surface area contributed by atoms with Crippen molar-refractivity contribution in [2.24, 2.45) is 4.99 Å². The molecule has 1 aliphatic rings. The highest BCUT2D eigenvalue weighted by molar-refractivity contribution is 14.2. The molecular formula is C47H31IN2. The molecule has 0 bridgehead atoms. The number of allylic oxidation sites excluding steroid dienone is 1. The van der Waals surface area contributed by atoms with Crippen LogP contribution in [0.2, 0.25) is 0 Å². The summed E-state index contributed by atoms with van der Waals surface area (Å²) in [6.07, 6.45) is 2.29. The first kappa shape index (κ1) is 30.3. The van der Waals surface area contributed by atoms with Crippen molar-refractivity contribution in [2.45, 2.75) is 0 Å². The molecule has 0 saturated carbocycles. The van der Waals surface area contributed by atoms with Gasteiger partial charge >= 0.3 is 0 Å². The van der Waals surface area contributed by atoms with Gasteiger partial charge in [-0.05, 0) is 51.4 Å². The lowest BCUT2D eigenvalue weighted by atomic mass is 9.91. The standard InChI is InChI=1S/C47H31IN2/c1-5-15-32(16-6-1)40-29-42-41(33-17-7-2-8-18-33)30-44(49-46(42)39-24-14-13-23-38(39)40)36-25-27-37(28-26-36)47-48-43(34-19-9-3-10-20-34)31-45(50-47)35-21-11-4-12-22-35/h1-31H. The van der Waals surface area contributed by atoms with Crippen molar-refractivity contribution in [3.63, 3.8) is 0 Å². The van der Waals surface area contributed by atoms with E-state index in [1.54, 1.807) is 0 Å². The van der Waals surface area contributed by atoms with Gasteiger partial charge in [-0.2, -0.15) is 0 Å². The van der Waals surface area contributed by atoms with E-state index < -0.39 is 20.7 Å². The van der Waals surface area contributed by atoms with Crippen LogP contribution in [0.15, 0.2) is 193 Å². The van der Waals surface area contributed by atoms with Crippen molar-refractivity contribution in [1.82, 2.24) is 4.98 Å². The zero-order valence-electron chi connectivity index (χ0n) is 27.2. The number of rotatable bonds is 6. The molecule has 1 aromatic heterocycles. The Hall–Kier alpha value is -5.78. The first-order valence-corrected chi connectivity index (χ1v) is 19.0. The molecule has 0 spiro atoms. The Bertz CT molecular complexity index is 2550. The minimum Gasteiger partial charge on any atom is -0.247 e. The summed E-state index contributed by atoms with van der Waals surface area (Å²) < 4.78 is 2.55. The maximum absolute atomic E-state index is 5.40. The summed E-state index contributed by atoms with van der Waals surface area (Å²) >= 11 is -0.487. The number of halogens is 1. The van der Waals surface area contributed by atoms with E-state index in [4.69, 9.17) is 9.98 Å². The summed E-state index contributed by atoms with van der Waals surface area (Å²) in [7, 11) is 0. The predicted molar refractivity (Wildman–Crippen MR) is 221 cm³/mol. The lowest BCUT2D eigenvalue weighted by molar-refractivity contribution is 1.40. The molecule has 9 rings (SSSR count). The highest BCUT2D eigenvalue weighted by atomic mass is 127. The topological polar surface area (TPSA) is 25.2 Å². The molecule has 0 aliphatic carbocycles. The average Bonchev–Trinajstić information content (AvgIpc) is 3.21. The van der Waals surface area contributed by atoms with E-state index in [0.29, 0.717) is 0 Å². The van der Waals surface area contributed by atoms with E-state index in [2.05, 4.69) is 188 Å². The molecule has 50 heavy (non-hydrogen) atoms. The minimum atomic E-state index is -0.487. The lowest BCUT2D eigenvalue weighted by Crippen LogP contribution is -2.07. The van der Waals surface area contributed by atoms with Crippen LogP contribution in [0.5, 0.6) is 0 Å². The van der Waals surface area contributed by atoms with Crippen molar-refractivity contribution >= 4 is 55.3 Å². The number of nitrogens with zero attached hydrogens (tertiary/aromatic N) is 2. The van der Waals surface area contributed by atoms with E-state index in [1.165, 1.54) is 46.0 Å². The Labute approximate surface area is 301 Å². The van der Waals surface area contributed by atoms with E-state index in [-0.39, 0.29) is 0 Å². The molecule has 8 aromatic rings. The third kappa shape index (κ3) is 5.80. The van der Waals surface area contributed by atoms with Gasteiger partial charge in [0, 0.05) is 31.0 Å². The van der Waals surface area contributed by atoms with Gasteiger partial charge in [-0.15, -0.1) is 0 Å². The summed E-state index contributed by atoms with van der Waals surface area (Å²) in [4.78, 5) is 10.7. The van der Waals surface area contributed by atoms with Crippen LogP contribution in [-0.2, 0) is 0 Å². The zero-order chi connectivity index (χ0) is 33.3. The van der Waals surface area contributed by atoms with Crippen LogP contribution in [0.3, 0.4) is 0 Å².